The molecule has 0 N–H and O–H groups in total. The van der Waals surface area contributed by atoms with Crippen molar-refractivity contribution in [3.63, 3.8) is 0 Å². The summed E-state index contributed by atoms with van der Waals surface area (Å²) in [5.74, 6) is 0. The molecular formula is C18H19ClN2. The van der Waals surface area contributed by atoms with Crippen LogP contribution in [0.3, 0.4) is 0 Å². The number of nitrogens with zero attached hydrogens (tertiary/aromatic N) is 2. The van der Waals surface area contributed by atoms with E-state index in [9.17, 15) is 0 Å². The molecule has 0 radical (unpaired) electrons. The summed E-state index contributed by atoms with van der Waals surface area (Å²) in [7, 11) is 0. The van der Waals surface area contributed by atoms with Gasteiger partial charge in [0, 0.05) is 11.3 Å². The molecule has 108 valence electrons. The Morgan fingerprint density at radius 2 is 1.86 bits per heavy atom. The van der Waals surface area contributed by atoms with Crippen LogP contribution in [-0.2, 0) is 0 Å². The number of aryl methyl sites for hydroxylation is 3. The van der Waals surface area contributed by atoms with Crippen LogP contribution in [0, 0.1) is 20.8 Å². The third kappa shape index (κ3) is 2.34. The molecule has 0 fully saturated rings. The highest BCUT2D eigenvalue weighted by Crippen LogP contribution is 2.34. The highest BCUT2D eigenvalue weighted by Gasteiger charge is 2.20. The quantitative estimate of drug-likeness (QED) is 0.592. The van der Waals surface area contributed by atoms with E-state index in [1.807, 2.05) is 19.1 Å². The van der Waals surface area contributed by atoms with E-state index in [0.717, 1.165) is 28.3 Å². The highest BCUT2D eigenvalue weighted by atomic mass is 35.5. The van der Waals surface area contributed by atoms with E-state index in [1.165, 1.54) is 11.1 Å². The number of hydrogen-bond acceptors (Lipinski definition) is 1. The Morgan fingerprint density at radius 1 is 1.10 bits per heavy atom. The lowest BCUT2D eigenvalue weighted by molar-refractivity contribution is 0.936. The molecule has 0 aliphatic heterocycles. The second kappa shape index (κ2) is 5.19. The van der Waals surface area contributed by atoms with Crippen LogP contribution in [0.25, 0.3) is 16.9 Å². The van der Waals surface area contributed by atoms with Gasteiger partial charge in [0.15, 0.2) is 0 Å². The Balaban J connectivity index is 2.37. The van der Waals surface area contributed by atoms with Crippen molar-refractivity contribution < 1.29 is 0 Å². The van der Waals surface area contributed by atoms with Gasteiger partial charge in [-0.05, 0) is 45.4 Å². The van der Waals surface area contributed by atoms with Gasteiger partial charge in [-0.25, -0.2) is 4.98 Å². The van der Waals surface area contributed by atoms with Crippen molar-refractivity contribution in [2.45, 2.75) is 33.1 Å². The SMILES string of the molecule is Cc1ccc(-c2nc3cccc(C)n3c2C(C)Cl)c(C)c1. The van der Waals surface area contributed by atoms with E-state index in [4.69, 9.17) is 16.6 Å². The molecule has 0 spiro atoms. The molecule has 0 saturated heterocycles. The number of rotatable bonds is 2. The van der Waals surface area contributed by atoms with Gasteiger partial charge in [-0.1, -0.05) is 29.8 Å². The minimum atomic E-state index is -0.100. The van der Waals surface area contributed by atoms with Gasteiger partial charge < -0.3 is 0 Å². The van der Waals surface area contributed by atoms with E-state index in [2.05, 4.69) is 49.4 Å². The maximum absolute atomic E-state index is 6.47. The Hall–Kier alpha value is -1.80. The molecule has 3 heteroatoms. The molecule has 3 rings (SSSR count). The standard InChI is InChI=1S/C18H19ClN2/c1-11-8-9-15(12(2)10-11)17-18(14(4)19)21-13(3)6-5-7-16(21)20-17/h5-10,14H,1-4H3. The molecule has 1 atom stereocenters. The molecule has 2 heterocycles. The normalized spacial score (nSPS) is 12.8. The van der Waals surface area contributed by atoms with E-state index >= 15 is 0 Å². The molecule has 0 amide bonds. The molecule has 2 aromatic heterocycles. The van der Waals surface area contributed by atoms with Gasteiger partial charge in [0.25, 0.3) is 0 Å². The maximum Gasteiger partial charge on any atom is 0.137 e. The lowest BCUT2D eigenvalue weighted by Crippen LogP contribution is -1.99. The summed E-state index contributed by atoms with van der Waals surface area (Å²) in [5.41, 5.74) is 7.81. The number of fused-ring (bicyclic) bond motifs is 1. The monoisotopic (exact) mass is 298 g/mol. The zero-order valence-corrected chi connectivity index (χ0v) is 13.6. The van der Waals surface area contributed by atoms with Crippen molar-refractivity contribution >= 4 is 17.2 Å². The molecule has 21 heavy (non-hydrogen) atoms. The van der Waals surface area contributed by atoms with Gasteiger partial charge in [0.05, 0.1) is 16.8 Å². The van der Waals surface area contributed by atoms with Gasteiger partial charge in [-0.3, -0.25) is 4.40 Å². The first-order valence-corrected chi connectivity index (χ1v) is 7.62. The third-order valence-corrected chi connectivity index (χ3v) is 4.09. The average Bonchev–Trinajstić information content (AvgIpc) is 2.79. The Bertz CT molecular complexity index is 815. The van der Waals surface area contributed by atoms with Crippen LogP contribution in [0.5, 0.6) is 0 Å². The summed E-state index contributed by atoms with van der Waals surface area (Å²) in [6.45, 7) is 8.32. The minimum absolute atomic E-state index is 0.100. The van der Waals surface area contributed by atoms with Crippen LogP contribution in [0.4, 0.5) is 0 Å². The molecule has 2 nitrogen and oxygen atoms in total. The Kier molecular flexibility index (Phi) is 3.50. The summed E-state index contributed by atoms with van der Waals surface area (Å²) in [6, 6.07) is 12.6. The average molecular weight is 299 g/mol. The van der Waals surface area contributed by atoms with Gasteiger partial charge in [0.1, 0.15) is 5.65 Å². The topological polar surface area (TPSA) is 17.3 Å². The van der Waals surface area contributed by atoms with Crippen LogP contribution < -0.4 is 0 Å². The Morgan fingerprint density at radius 3 is 2.52 bits per heavy atom. The van der Waals surface area contributed by atoms with Crippen molar-refractivity contribution in [2.24, 2.45) is 0 Å². The van der Waals surface area contributed by atoms with Crippen LogP contribution in [0.15, 0.2) is 36.4 Å². The third-order valence-electron chi connectivity index (χ3n) is 3.89. The summed E-state index contributed by atoms with van der Waals surface area (Å²) < 4.78 is 2.16. The summed E-state index contributed by atoms with van der Waals surface area (Å²) >= 11 is 6.47. The van der Waals surface area contributed by atoms with Gasteiger partial charge in [-0.2, -0.15) is 0 Å². The predicted molar refractivity (Wildman–Crippen MR) is 89.1 cm³/mol. The fourth-order valence-electron chi connectivity index (χ4n) is 2.93. The fraction of sp³-hybridized carbons (Fsp3) is 0.278. The van der Waals surface area contributed by atoms with Gasteiger partial charge >= 0.3 is 0 Å². The number of aromatic nitrogens is 2. The highest BCUT2D eigenvalue weighted by molar-refractivity contribution is 6.20. The van der Waals surface area contributed by atoms with Crippen molar-refractivity contribution in [1.82, 2.24) is 9.38 Å². The largest absolute Gasteiger partial charge is 0.299 e. The summed E-state index contributed by atoms with van der Waals surface area (Å²) in [4.78, 5) is 4.83. The first kappa shape index (κ1) is 14.2. The smallest absolute Gasteiger partial charge is 0.137 e. The van der Waals surface area contributed by atoms with Crippen molar-refractivity contribution in [3.05, 3.63) is 58.9 Å². The molecule has 0 bridgehead atoms. The van der Waals surface area contributed by atoms with Crippen LogP contribution in [0.2, 0.25) is 0 Å². The molecule has 1 aromatic carbocycles. The van der Waals surface area contributed by atoms with Crippen LogP contribution in [0.1, 0.15) is 34.8 Å². The number of hydrogen-bond donors (Lipinski definition) is 0. The van der Waals surface area contributed by atoms with Crippen molar-refractivity contribution in [2.75, 3.05) is 0 Å². The van der Waals surface area contributed by atoms with Crippen LogP contribution >= 0.6 is 11.6 Å². The lowest BCUT2D eigenvalue weighted by Gasteiger charge is -2.11. The molecule has 0 aliphatic rings. The lowest BCUT2D eigenvalue weighted by atomic mass is 10.0. The van der Waals surface area contributed by atoms with E-state index in [0.29, 0.717) is 0 Å². The number of imidazole rings is 1. The van der Waals surface area contributed by atoms with Crippen molar-refractivity contribution in [1.29, 1.82) is 0 Å². The predicted octanol–water partition coefficient (Wildman–Crippen LogP) is 5.23. The maximum atomic E-state index is 6.47. The second-order valence-electron chi connectivity index (χ2n) is 5.64. The van der Waals surface area contributed by atoms with Gasteiger partial charge in [-0.15, -0.1) is 11.6 Å². The number of benzene rings is 1. The molecule has 1 unspecified atom stereocenters. The number of pyridine rings is 1. The first-order valence-electron chi connectivity index (χ1n) is 7.18. The van der Waals surface area contributed by atoms with E-state index in [1.54, 1.807) is 0 Å². The zero-order chi connectivity index (χ0) is 15.1. The number of alkyl halides is 1. The Labute approximate surface area is 130 Å². The molecule has 0 aliphatic carbocycles. The van der Waals surface area contributed by atoms with Gasteiger partial charge in [0.2, 0.25) is 0 Å². The fourth-order valence-corrected chi connectivity index (χ4v) is 3.13. The zero-order valence-electron chi connectivity index (χ0n) is 12.8. The van der Waals surface area contributed by atoms with Crippen LogP contribution in [-0.4, -0.2) is 9.38 Å². The summed E-state index contributed by atoms with van der Waals surface area (Å²) in [5, 5.41) is -0.100. The van der Waals surface area contributed by atoms with E-state index < -0.39 is 0 Å². The van der Waals surface area contributed by atoms with E-state index in [-0.39, 0.29) is 5.38 Å². The molecule has 3 aromatic rings. The molecule has 0 saturated carbocycles. The summed E-state index contributed by atoms with van der Waals surface area (Å²) in [6.07, 6.45) is 0. The minimum Gasteiger partial charge on any atom is -0.299 e. The van der Waals surface area contributed by atoms with Crippen molar-refractivity contribution in [3.8, 4) is 11.3 Å². The second-order valence-corrected chi connectivity index (χ2v) is 6.30. The molecular weight excluding hydrogens is 280 g/mol. The first-order chi connectivity index (χ1) is 9.99. The number of halogens is 1.